The van der Waals surface area contributed by atoms with E-state index in [9.17, 15) is 9.59 Å². The van der Waals surface area contributed by atoms with E-state index in [-0.39, 0.29) is 11.9 Å². The number of amides is 3. The summed E-state index contributed by atoms with van der Waals surface area (Å²) >= 11 is 6.26. The summed E-state index contributed by atoms with van der Waals surface area (Å²) in [5, 5.41) is 0.357. The normalized spacial score (nSPS) is 11.0. The Kier molecular flexibility index (Phi) is 5.19. The average molecular weight is 347 g/mol. The fraction of sp³-hybridized carbons (Fsp3) is 0.294. The van der Waals surface area contributed by atoms with E-state index in [1.807, 2.05) is 0 Å². The Morgan fingerprint density at radius 2 is 1.62 bits per heavy atom. The molecule has 1 heterocycles. The number of anilines is 2. The van der Waals surface area contributed by atoms with Gasteiger partial charge < -0.3 is 0 Å². The van der Waals surface area contributed by atoms with Gasteiger partial charge in [-0.2, -0.15) is 0 Å². The first kappa shape index (κ1) is 17.9. The average Bonchev–Trinajstić information content (AvgIpc) is 2.49. The second kappa shape index (κ2) is 6.97. The van der Waals surface area contributed by atoms with Crippen molar-refractivity contribution in [3.63, 3.8) is 0 Å². The first-order valence-electron chi connectivity index (χ1n) is 7.40. The van der Waals surface area contributed by atoms with Crippen LogP contribution in [0.4, 0.5) is 16.4 Å². The van der Waals surface area contributed by atoms with Crippen molar-refractivity contribution in [1.29, 1.82) is 0 Å². The largest absolute Gasteiger partial charge is 0.338 e. The second-order valence-corrected chi connectivity index (χ2v) is 6.55. The van der Waals surface area contributed by atoms with Gasteiger partial charge in [0.25, 0.3) is 0 Å². The molecule has 0 aliphatic rings. The summed E-state index contributed by atoms with van der Waals surface area (Å²) in [4.78, 5) is 35.9. The Bertz CT molecular complexity index is 744. The fourth-order valence-corrected chi connectivity index (χ4v) is 2.55. The van der Waals surface area contributed by atoms with Gasteiger partial charge in [-0.25, -0.2) is 19.7 Å². The molecular weight excluding hydrogens is 328 g/mol. The van der Waals surface area contributed by atoms with Gasteiger partial charge >= 0.3 is 6.03 Å². The molecule has 7 heteroatoms. The monoisotopic (exact) mass is 346 g/mol. The number of imide groups is 1. The van der Waals surface area contributed by atoms with Crippen molar-refractivity contribution in [2.75, 3.05) is 4.90 Å². The Morgan fingerprint density at radius 3 is 2.12 bits per heavy atom. The SMILES string of the molecule is CC(=O)N(C(=O)N(c1ncccn1)c1ccccc1Cl)C(C)(C)C. The molecule has 2 aromatic rings. The standard InChI is InChI=1S/C17H19ClN4O2/c1-12(23)22(17(2,3)4)16(24)21(15-19-10-7-11-20-15)14-9-6-5-8-13(14)18/h5-11H,1-4H3. The van der Waals surface area contributed by atoms with E-state index in [1.165, 1.54) is 24.2 Å². The lowest BCUT2D eigenvalue weighted by Gasteiger charge is -2.36. The maximum absolute atomic E-state index is 13.2. The molecule has 2 rings (SSSR count). The molecule has 1 aromatic carbocycles. The summed E-state index contributed by atoms with van der Waals surface area (Å²) in [6, 6.07) is 7.93. The van der Waals surface area contributed by atoms with Gasteiger partial charge in [0.05, 0.1) is 10.7 Å². The number of carbonyl (C=O) groups excluding carboxylic acids is 2. The van der Waals surface area contributed by atoms with Crippen LogP contribution in [0.25, 0.3) is 0 Å². The zero-order valence-corrected chi connectivity index (χ0v) is 14.8. The summed E-state index contributed by atoms with van der Waals surface area (Å²) in [6.45, 7) is 6.69. The quantitative estimate of drug-likeness (QED) is 0.823. The van der Waals surface area contributed by atoms with Crippen LogP contribution in [-0.4, -0.2) is 32.3 Å². The van der Waals surface area contributed by atoms with Crippen molar-refractivity contribution in [2.24, 2.45) is 0 Å². The molecule has 0 fully saturated rings. The third-order valence-corrected chi connectivity index (χ3v) is 3.53. The Hall–Kier alpha value is -2.47. The van der Waals surface area contributed by atoms with E-state index in [2.05, 4.69) is 9.97 Å². The number of hydrogen-bond acceptors (Lipinski definition) is 4. The summed E-state index contributed by atoms with van der Waals surface area (Å²) in [7, 11) is 0. The van der Waals surface area contributed by atoms with E-state index >= 15 is 0 Å². The lowest BCUT2D eigenvalue weighted by molar-refractivity contribution is -0.129. The van der Waals surface area contributed by atoms with Gasteiger partial charge in [0.1, 0.15) is 0 Å². The molecule has 0 N–H and O–H groups in total. The fourth-order valence-electron chi connectivity index (χ4n) is 2.33. The van der Waals surface area contributed by atoms with Crippen molar-refractivity contribution < 1.29 is 9.59 Å². The topological polar surface area (TPSA) is 66.4 Å². The summed E-state index contributed by atoms with van der Waals surface area (Å²) < 4.78 is 0. The number of hydrogen-bond donors (Lipinski definition) is 0. The second-order valence-electron chi connectivity index (χ2n) is 6.14. The number of halogens is 1. The van der Waals surface area contributed by atoms with E-state index < -0.39 is 11.6 Å². The Labute approximate surface area is 146 Å². The van der Waals surface area contributed by atoms with Crippen molar-refractivity contribution in [3.8, 4) is 0 Å². The molecule has 0 spiro atoms. The Morgan fingerprint density at radius 1 is 1.04 bits per heavy atom. The van der Waals surface area contributed by atoms with Crippen LogP contribution in [0.2, 0.25) is 5.02 Å². The van der Waals surface area contributed by atoms with Gasteiger partial charge in [0.2, 0.25) is 11.9 Å². The minimum atomic E-state index is -0.711. The minimum absolute atomic E-state index is 0.145. The first-order chi connectivity index (χ1) is 11.2. The highest BCUT2D eigenvalue weighted by Crippen LogP contribution is 2.32. The number of nitrogens with zero attached hydrogens (tertiary/aromatic N) is 4. The van der Waals surface area contributed by atoms with E-state index in [4.69, 9.17) is 11.6 Å². The highest BCUT2D eigenvalue weighted by Gasteiger charge is 2.36. The lowest BCUT2D eigenvalue weighted by atomic mass is 10.1. The summed E-state index contributed by atoms with van der Waals surface area (Å²) in [5.74, 6) is -0.230. The number of benzene rings is 1. The molecule has 6 nitrogen and oxygen atoms in total. The maximum Gasteiger partial charge on any atom is 0.338 e. The zero-order valence-electron chi connectivity index (χ0n) is 14.0. The van der Waals surface area contributed by atoms with Crippen LogP contribution >= 0.6 is 11.6 Å². The molecule has 24 heavy (non-hydrogen) atoms. The van der Waals surface area contributed by atoms with Crippen LogP contribution in [0.15, 0.2) is 42.7 Å². The molecule has 3 amide bonds. The first-order valence-corrected chi connectivity index (χ1v) is 7.77. The molecule has 0 aliphatic carbocycles. The zero-order chi connectivity index (χ0) is 17.9. The number of urea groups is 1. The molecular formula is C17H19ClN4O2. The van der Waals surface area contributed by atoms with Crippen molar-refractivity contribution in [2.45, 2.75) is 33.2 Å². The number of rotatable bonds is 2. The van der Waals surface area contributed by atoms with Crippen LogP contribution in [0.1, 0.15) is 27.7 Å². The predicted molar refractivity (Wildman–Crippen MR) is 93.3 cm³/mol. The van der Waals surface area contributed by atoms with Crippen LogP contribution in [0.5, 0.6) is 0 Å². The van der Waals surface area contributed by atoms with Crippen LogP contribution < -0.4 is 4.90 Å². The molecule has 1 aromatic heterocycles. The van der Waals surface area contributed by atoms with Gasteiger partial charge in [-0.1, -0.05) is 23.7 Å². The van der Waals surface area contributed by atoms with Crippen LogP contribution in [-0.2, 0) is 4.79 Å². The lowest BCUT2D eigenvalue weighted by Crippen LogP contribution is -2.53. The van der Waals surface area contributed by atoms with E-state index in [0.29, 0.717) is 10.7 Å². The molecule has 0 aliphatic heterocycles. The van der Waals surface area contributed by atoms with E-state index in [1.54, 1.807) is 51.1 Å². The third kappa shape index (κ3) is 3.71. The highest BCUT2D eigenvalue weighted by molar-refractivity contribution is 6.34. The minimum Gasteiger partial charge on any atom is -0.275 e. The smallest absolute Gasteiger partial charge is 0.275 e. The molecule has 0 bridgehead atoms. The van der Waals surface area contributed by atoms with Crippen molar-refractivity contribution in [1.82, 2.24) is 14.9 Å². The van der Waals surface area contributed by atoms with Gasteiger partial charge in [0.15, 0.2) is 0 Å². The van der Waals surface area contributed by atoms with Crippen molar-refractivity contribution in [3.05, 3.63) is 47.7 Å². The van der Waals surface area contributed by atoms with Gasteiger partial charge in [-0.05, 0) is 39.0 Å². The van der Waals surface area contributed by atoms with Gasteiger partial charge in [0, 0.05) is 24.9 Å². The van der Waals surface area contributed by atoms with Gasteiger partial charge in [-0.3, -0.25) is 9.69 Å². The summed E-state index contributed by atoms with van der Waals surface area (Å²) in [6.07, 6.45) is 3.04. The number of carbonyl (C=O) groups is 2. The van der Waals surface area contributed by atoms with Gasteiger partial charge in [-0.15, -0.1) is 0 Å². The van der Waals surface area contributed by atoms with E-state index in [0.717, 1.165) is 4.90 Å². The molecule has 126 valence electrons. The Balaban J connectivity index is 2.61. The molecule has 0 atom stereocenters. The maximum atomic E-state index is 13.2. The molecule has 0 unspecified atom stereocenters. The van der Waals surface area contributed by atoms with Crippen LogP contribution in [0.3, 0.4) is 0 Å². The molecule has 0 saturated heterocycles. The summed E-state index contributed by atoms with van der Waals surface area (Å²) in [5.41, 5.74) is -0.303. The molecule has 0 saturated carbocycles. The number of aromatic nitrogens is 2. The number of para-hydroxylation sites is 1. The third-order valence-electron chi connectivity index (χ3n) is 3.21. The van der Waals surface area contributed by atoms with Crippen molar-refractivity contribution >= 4 is 35.2 Å². The predicted octanol–water partition coefficient (Wildman–Crippen LogP) is 4.04. The highest BCUT2D eigenvalue weighted by atomic mass is 35.5. The van der Waals surface area contributed by atoms with Crippen LogP contribution in [0, 0.1) is 0 Å². The molecule has 0 radical (unpaired) electrons.